The predicted octanol–water partition coefficient (Wildman–Crippen LogP) is 4.68. The molecule has 7 nitrogen and oxygen atoms in total. The summed E-state index contributed by atoms with van der Waals surface area (Å²) in [6.45, 7) is 0.258. The number of para-hydroxylation sites is 1. The third kappa shape index (κ3) is 5.01. The molecule has 0 saturated heterocycles. The lowest BCUT2D eigenvalue weighted by atomic mass is 10.1. The molecule has 0 bridgehead atoms. The zero-order valence-corrected chi connectivity index (χ0v) is 17.0. The minimum atomic E-state index is -4.42. The second-order valence-electron chi connectivity index (χ2n) is 7.05. The largest absolute Gasteiger partial charge is 0.416 e. The Morgan fingerprint density at radius 3 is 2.21 bits per heavy atom. The summed E-state index contributed by atoms with van der Waals surface area (Å²) < 4.78 is 40.3. The van der Waals surface area contributed by atoms with Gasteiger partial charge in [0.05, 0.1) is 17.8 Å². The Morgan fingerprint density at radius 1 is 0.939 bits per heavy atom. The number of anilines is 1. The number of nitrogens with one attached hydrogen (secondary N) is 2. The van der Waals surface area contributed by atoms with Gasteiger partial charge in [-0.3, -0.25) is 10.0 Å². The Hall–Kier alpha value is -4.18. The Kier molecular flexibility index (Phi) is 6.09. The molecule has 1 aromatic heterocycles. The third-order valence-corrected chi connectivity index (χ3v) is 4.84. The van der Waals surface area contributed by atoms with Gasteiger partial charge in [-0.1, -0.05) is 30.3 Å². The number of carbonyl (C=O) groups is 1. The number of carbonyl (C=O) groups excluding carboxylic acids is 1. The summed E-state index contributed by atoms with van der Waals surface area (Å²) in [5, 5.41) is 16.4. The third-order valence-electron chi connectivity index (χ3n) is 4.84. The standard InChI is InChI=1S/C23H18F3N5O2/c24-23(25,26)17-10-6-15(7-11-17)21-28-20(31(29-21)19-4-2-1-3-5-19)14-27-18-12-8-16(9-13-18)22(32)30-33/h1-13,27,33H,14H2,(H,30,32). The molecule has 0 spiro atoms. The van der Waals surface area contributed by atoms with Crippen molar-refractivity contribution in [1.29, 1.82) is 0 Å². The minimum absolute atomic E-state index is 0.258. The van der Waals surface area contributed by atoms with Crippen molar-refractivity contribution in [3.63, 3.8) is 0 Å². The van der Waals surface area contributed by atoms with Gasteiger partial charge in [-0.25, -0.2) is 15.1 Å². The van der Waals surface area contributed by atoms with E-state index < -0.39 is 17.6 Å². The van der Waals surface area contributed by atoms with Gasteiger partial charge < -0.3 is 5.32 Å². The van der Waals surface area contributed by atoms with Crippen LogP contribution in [0.5, 0.6) is 0 Å². The van der Waals surface area contributed by atoms with Crippen molar-refractivity contribution in [3.8, 4) is 17.1 Å². The first-order valence-electron chi connectivity index (χ1n) is 9.82. The maximum absolute atomic E-state index is 12.9. The fourth-order valence-corrected chi connectivity index (χ4v) is 3.15. The van der Waals surface area contributed by atoms with Crippen molar-refractivity contribution < 1.29 is 23.2 Å². The highest BCUT2D eigenvalue weighted by Crippen LogP contribution is 2.30. The Morgan fingerprint density at radius 2 is 1.61 bits per heavy atom. The van der Waals surface area contributed by atoms with E-state index in [9.17, 15) is 18.0 Å². The molecule has 4 aromatic rings. The van der Waals surface area contributed by atoms with E-state index in [4.69, 9.17) is 5.21 Å². The average molecular weight is 453 g/mol. The van der Waals surface area contributed by atoms with Gasteiger partial charge in [-0.05, 0) is 48.5 Å². The van der Waals surface area contributed by atoms with Gasteiger partial charge in [-0.15, -0.1) is 5.10 Å². The fraction of sp³-hybridized carbons (Fsp3) is 0.0870. The molecule has 3 N–H and O–H groups in total. The molecule has 3 aromatic carbocycles. The van der Waals surface area contributed by atoms with Crippen LogP contribution < -0.4 is 10.8 Å². The first kappa shape index (κ1) is 22.0. The molecule has 0 radical (unpaired) electrons. The summed E-state index contributed by atoms with van der Waals surface area (Å²) in [5.41, 5.74) is 3.02. The van der Waals surface area contributed by atoms with E-state index in [0.29, 0.717) is 28.5 Å². The van der Waals surface area contributed by atoms with E-state index in [1.165, 1.54) is 12.1 Å². The molecule has 0 atom stereocenters. The van der Waals surface area contributed by atoms with E-state index in [-0.39, 0.29) is 6.54 Å². The van der Waals surface area contributed by atoms with Crippen LogP contribution in [0.2, 0.25) is 0 Å². The molecular weight excluding hydrogens is 435 g/mol. The number of rotatable bonds is 6. The highest BCUT2D eigenvalue weighted by molar-refractivity contribution is 5.93. The maximum Gasteiger partial charge on any atom is 0.416 e. The summed E-state index contributed by atoms with van der Waals surface area (Å²) in [4.78, 5) is 16.0. The second-order valence-corrected chi connectivity index (χ2v) is 7.05. The lowest BCUT2D eigenvalue weighted by Crippen LogP contribution is -2.18. The molecule has 33 heavy (non-hydrogen) atoms. The van der Waals surface area contributed by atoms with E-state index in [1.807, 2.05) is 30.3 Å². The Bertz CT molecular complexity index is 1240. The maximum atomic E-state index is 12.9. The van der Waals surface area contributed by atoms with Gasteiger partial charge in [0.25, 0.3) is 5.91 Å². The molecule has 168 valence electrons. The fourth-order valence-electron chi connectivity index (χ4n) is 3.15. The first-order valence-corrected chi connectivity index (χ1v) is 9.82. The molecule has 1 heterocycles. The predicted molar refractivity (Wildman–Crippen MR) is 115 cm³/mol. The van der Waals surface area contributed by atoms with Crippen LogP contribution in [0.25, 0.3) is 17.1 Å². The second kappa shape index (κ2) is 9.13. The van der Waals surface area contributed by atoms with Crippen molar-refractivity contribution in [1.82, 2.24) is 20.2 Å². The molecule has 1 amide bonds. The van der Waals surface area contributed by atoms with Crippen LogP contribution in [0.15, 0.2) is 78.9 Å². The topological polar surface area (TPSA) is 92.1 Å². The van der Waals surface area contributed by atoms with Gasteiger partial charge in [0.15, 0.2) is 11.6 Å². The number of hydrogen-bond donors (Lipinski definition) is 3. The van der Waals surface area contributed by atoms with Gasteiger partial charge in [0.2, 0.25) is 0 Å². The molecule has 0 aliphatic heterocycles. The minimum Gasteiger partial charge on any atom is -0.378 e. The van der Waals surface area contributed by atoms with Gasteiger partial charge in [0, 0.05) is 16.8 Å². The summed E-state index contributed by atoms with van der Waals surface area (Å²) in [6, 6.07) is 20.4. The van der Waals surface area contributed by atoms with Crippen LogP contribution in [-0.2, 0) is 12.7 Å². The number of hydrogen-bond acceptors (Lipinski definition) is 5. The quantitative estimate of drug-likeness (QED) is 0.291. The molecule has 0 saturated carbocycles. The van der Waals surface area contributed by atoms with Crippen molar-refractivity contribution >= 4 is 11.6 Å². The Balaban J connectivity index is 1.61. The zero-order chi connectivity index (χ0) is 23.4. The number of halogens is 3. The average Bonchev–Trinajstić information content (AvgIpc) is 3.27. The van der Waals surface area contributed by atoms with Gasteiger partial charge in [0.1, 0.15) is 0 Å². The van der Waals surface area contributed by atoms with Crippen molar-refractivity contribution in [2.75, 3.05) is 5.32 Å². The van der Waals surface area contributed by atoms with Crippen LogP contribution in [0.3, 0.4) is 0 Å². The molecule has 10 heteroatoms. The number of benzene rings is 3. The van der Waals surface area contributed by atoms with E-state index >= 15 is 0 Å². The van der Waals surface area contributed by atoms with Crippen molar-refractivity contribution in [2.45, 2.75) is 12.7 Å². The number of amides is 1. The van der Waals surface area contributed by atoms with Crippen molar-refractivity contribution in [2.24, 2.45) is 0 Å². The molecule has 0 unspecified atom stereocenters. The monoisotopic (exact) mass is 453 g/mol. The highest BCUT2D eigenvalue weighted by Gasteiger charge is 2.30. The van der Waals surface area contributed by atoms with Crippen LogP contribution in [-0.4, -0.2) is 25.9 Å². The summed E-state index contributed by atoms with van der Waals surface area (Å²) in [6.07, 6.45) is -4.42. The zero-order valence-electron chi connectivity index (χ0n) is 17.0. The van der Waals surface area contributed by atoms with E-state index in [1.54, 1.807) is 34.4 Å². The van der Waals surface area contributed by atoms with Crippen LogP contribution in [0.1, 0.15) is 21.7 Å². The lowest BCUT2D eigenvalue weighted by molar-refractivity contribution is -0.137. The number of alkyl halides is 3. The van der Waals surface area contributed by atoms with E-state index in [2.05, 4.69) is 15.4 Å². The molecule has 0 fully saturated rings. The van der Waals surface area contributed by atoms with Gasteiger partial charge >= 0.3 is 6.18 Å². The number of aromatic nitrogens is 3. The van der Waals surface area contributed by atoms with Crippen LogP contribution in [0.4, 0.5) is 18.9 Å². The SMILES string of the molecule is O=C(NO)c1ccc(NCc2nc(-c3ccc(C(F)(F)F)cc3)nn2-c2ccccc2)cc1. The smallest absolute Gasteiger partial charge is 0.378 e. The summed E-state index contributed by atoms with van der Waals surface area (Å²) >= 11 is 0. The Labute approximate surface area is 186 Å². The lowest BCUT2D eigenvalue weighted by Gasteiger charge is -2.08. The number of hydroxylamine groups is 1. The normalized spacial score (nSPS) is 11.3. The molecule has 4 rings (SSSR count). The van der Waals surface area contributed by atoms with Crippen molar-refractivity contribution in [3.05, 3.63) is 95.8 Å². The molecule has 0 aliphatic carbocycles. The molecular formula is C23H18F3N5O2. The number of nitrogens with zero attached hydrogens (tertiary/aromatic N) is 3. The molecule has 0 aliphatic rings. The van der Waals surface area contributed by atoms with Crippen LogP contribution >= 0.6 is 0 Å². The highest BCUT2D eigenvalue weighted by atomic mass is 19.4. The van der Waals surface area contributed by atoms with E-state index in [0.717, 1.165) is 17.8 Å². The summed E-state index contributed by atoms with van der Waals surface area (Å²) in [5.74, 6) is 0.208. The first-order chi connectivity index (χ1) is 15.8. The van der Waals surface area contributed by atoms with Crippen LogP contribution in [0, 0.1) is 0 Å². The van der Waals surface area contributed by atoms with Gasteiger partial charge in [-0.2, -0.15) is 13.2 Å². The summed E-state index contributed by atoms with van der Waals surface area (Å²) in [7, 11) is 0.